The van der Waals surface area contributed by atoms with E-state index in [9.17, 15) is 4.79 Å². The number of nitrogens with zero attached hydrogens (tertiary/aromatic N) is 4. The smallest absolute Gasteiger partial charge is 0.260 e. The average Bonchev–Trinajstić information content (AvgIpc) is 3.52. The van der Waals surface area contributed by atoms with Crippen LogP contribution in [0.5, 0.6) is 0 Å². The minimum absolute atomic E-state index is 0.119. The van der Waals surface area contributed by atoms with Crippen molar-refractivity contribution < 1.29 is 4.39 Å². The molecule has 244 valence electrons. The third-order valence-electron chi connectivity index (χ3n) is 8.86. The van der Waals surface area contributed by atoms with Crippen molar-refractivity contribution in [2.45, 2.75) is 39.7 Å². The monoisotopic (exact) mass is 658 g/mol. The first kappa shape index (κ1) is 31.7. The predicted octanol–water partition coefficient (Wildman–Crippen LogP) is 8.13. The number of pyridine rings is 1. The van der Waals surface area contributed by atoms with Crippen LogP contribution in [-0.2, 0) is 12.0 Å². The minimum atomic E-state index is -0.303. The number of aryl methyl sites for hydroxylation is 1. The number of rotatable bonds is 7. The van der Waals surface area contributed by atoms with Crippen LogP contribution < -0.4 is 21.1 Å². The molecule has 0 spiro atoms. The van der Waals surface area contributed by atoms with Crippen molar-refractivity contribution in [3.63, 3.8) is 0 Å². The minimum Gasteiger partial charge on any atom is -0.367 e. The lowest BCUT2D eigenvalue weighted by molar-refractivity contribution is 0.566. The van der Waals surface area contributed by atoms with E-state index in [1.165, 1.54) is 21.4 Å². The van der Waals surface area contributed by atoms with Gasteiger partial charge in [-0.3, -0.25) is 9.36 Å². The third-order valence-corrected chi connectivity index (χ3v) is 9.91. The van der Waals surface area contributed by atoms with E-state index in [0.29, 0.717) is 29.1 Å². The maximum atomic E-state index is 15.2. The van der Waals surface area contributed by atoms with Crippen LogP contribution in [0.15, 0.2) is 95.9 Å². The van der Waals surface area contributed by atoms with E-state index in [2.05, 4.69) is 79.7 Å². The summed E-state index contributed by atoms with van der Waals surface area (Å²) in [4.78, 5) is 28.4. The molecule has 0 bridgehead atoms. The lowest BCUT2D eigenvalue weighted by Crippen LogP contribution is -2.43. The maximum absolute atomic E-state index is 15.2. The second-order valence-electron chi connectivity index (χ2n) is 13.3. The number of piperazine rings is 1. The molecule has 9 heteroatoms. The van der Waals surface area contributed by atoms with Crippen LogP contribution in [0.3, 0.4) is 0 Å². The van der Waals surface area contributed by atoms with Gasteiger partial charge in [-0.25, -0.2) is 9.37 Å². The van der Waals surface area contributed by atoms with E-state index < -0.39 is 0 Å². The van der Waals surface area contributed by atoms with Crippen LogP contribution in [-0.4, -0.2) is 40.7 Å². The number of halogens is 1. The highest BCUT2D eigenvalue weighted by molar-refractivity contribution is 7.15. The van der Waals surface area contributed by atoms with Crippen molar-refractivity contribution in [2.75, 3.05) is 36.4 Å². The molecule has 1 saturated heterocycles. The first-order chi connectivity index (χ1) is 23.1. The molecule has 1 aliphatic rings. The van der Waals surface area contributed by atoms with Gasteiger partial charge in [0.15, 0.2) is 0 Å². The predicted molar refractivity (Wildman–Crippen MR) is 196 cm³/mol. The standard InChI is InChI=1S/C39H39FN6OS/c1-25-9-16-35(48-25)27-12-10-26(11-13-27)31-21-29-23-42-38(43-30-14-15-34(33(40)22-30)45-19-17-41-18-20-45)44-36(29)46(37(31)47)24-28-7-5-6-8-32(28)39(2,3)4/h5-16,21-23,41H,17-20,24H2,1-4H3,(H,42,43,44). The van der Waals surface area contributed by atoms with Crippen molar-refractivity contribution in [1.82, 2.24) is 19.9 Å². The van der Waals surface area contributed by atoms with Gasteiger partial charge in [0.25, 0.3) is 5.56 Å². The number of hydrogen-bond acceptors (Lipinski definition) is 7. The lowest BCUT2D eigenvalue weighted by Gasteiger charge is -2.29. The van der Waals surface area contributed by atoms with Crippen molar-refractivity contribution in [2.24, 2.45) is 0 Å². The molecule has 2 N–H and O–H groups in total. The summed E-state index contributed by atoms with van der Waals surface area (Å²) < 4.78 is 17.0. The Morgan fingerprint density at radius 1 is 0.938 bits per heavy atom. The Kier molecular flexibility index (Phi) is 8.58. The number of anilines is 3. The number of fused-ring (bicyclic) bond motifs is 1. The highest BCUT2D eigenvalue weighted by Crippen LogP contribution is 2.31. The molecule has 6 aromatic rings. The summed E-state index contributed by atoms with van der Waals surface area (Å²) in [5.41, 5.74) is 6.12. The Balaban J connectivity index is 1.29. The molecule has 48 heavy (non-hydrogen) atoms. The van der Waals surface area contributed by atoms with Crippen molar-refractivity contribution in [3.05, 3.63) is 123 Å². The van der Waals surface area contributed by atoms with E-state index in [1.54, 1.807) is 28.2 Å². The second-order valence-corrected chi connectivity index (χ2v) is 14.6. The zero-order chi connectivity index (χ0) is 33.4. The van der Waals surface area contributed by atoms with Gasteiger partial charge in [0.2, 0.25) is 5.95 Å². The van der Waals surface area contributed by atoms with E-state index in [-0.39, 0.29) is 22.7 Å². The fourth-order valence-corrected chi connectivity index (χ4v) is 7.29. The van der Waals surface area contributed by atoms with Crippen LogP contribution >= 0.6 is 11.3 Å². The molecule has 0 amide bonds. The molecule has 0 aliphatic carbocycles. The first-order valence-corrected chi connectivity index (χ1v) is 17.1. The number of hydrogen-bond donors (Lipinski definition) is 2. The molecule has 3 aromatic heterocycles. The highest BCUT2D eigenvalue weighted by atomic mass is 32.1. The summed E-state index contributed by atoms with van der Waals surface area (Å²) >= 11 is 1.75. The van der Waals surface area contributed by atoms with Crippen LogP contribution in [0.2, 0.25) is 0 Å². The Labute approximate surface area is 284 Å². The number of nitrogens with one attached hydrogen (secondary N) is 2. The van der Waals surface area contributed by atoms with Gasteiger partial charge in [-0.1, -0.05) is 69.3 Å². The molecule has 1 fully saturated rings. The van der Waals surface area contributed by atoms with E-state index >= 15 is 4.39 Å². The van der Waals surface area contributed by atoms with Crippen molar-refractivity contribution >= 4 is 39.7 Å². The fraction of sp³-hybridized carbons (Fsp3) is 0.256. The normalized spacial score (nSPS) is 13.6. The molecular formula is C39H39FN6OS. The number of benzene rings is 3. The summed E-state index contributed by atoms with van der Waals surface area (Å²) in [6.45, 7) is 12.1. The zero-order valence-electron chi connectivity index (χ0n) is 27.7. The van der Waals surface area contributed by atoms with Gasteiger partial charge in [-0.15, -0.1) is 11.3 Å². The Morgan fingerprint density at radius 2 is 1.69 bits per heavy atom. The van der Waals surface area contributed by atoms with E-state index in [1.807, 2.05) is 41.3 Å². The van der Waals surface area contributed by atoms with Gasteiger partial charge in [0.1, 0.15) is 11.5 Å². The molecular weight excluding hydrogens is 620 g/mol. The van der Waals surface area contributed by atoms with Gasteiger partial charge in [-0.05, 0) is 71.0 Å². The van der Waals surface area contributed by atoms with Gasteiger partial charge >= 0.3 is 0 Å². The van der Waals surface area contributed by atoms with Gasteiger partial charge in [0, 0.05) is 58.8 Å². The Morgan fingerprint density at radius 3 is 2.40 bits per heavy atom. The molecule has 4 heterocycles. The molecule has 7 nitrogen and oxygen atoms in total. The SMILES string of the molecule is Cc1ccc(-c2ccc(-c3cc4cnc(Nc5ccc(N6CCNCC6)c(F)c5)nc4n(Cc4ccccc4C(C)(C)C)c3=O)cc2)s1. The average molecular weight is 659 g/mol. The summed E-state index contributed by atoms with van der Waals surface area (Å²) in [6.07, 6.45) is 1.73. The van der Waals surface area contributed by atoms with E-state index in [4.69, 9.17) is 4.98 Å². The quantitative estimate of drug-likeness (QED) is 0.181. The Bertz CT molecular complexity index is 2160. The lowest BCUT2D eigenvalue weighted by atomic mass is 9.84. The van der Waals surface area contributed by atoms with E-state index in [0.717, 1.165) is 48.3 Å². The molecule has 3 aromatic carbocycles. The molecule has 0 radical (unpaired) electrons. The van der Waals surface area contributed by atoms with Gasteiger partial charge in [0.05, 0.1) is 12.2 Å². The number of aromatic nitrogens is 3. The summed E-state index contributed by atoms with van der Waals surface area (Å²) in [6, 6.07) is 27.6. The Hall–Kier alpha value is -4.86. The maximum Gasteiger partial charge on any atom is 0.260 e. The topological polar surface area (TPSA) is 75.1 Å². The molecule has 7 rings (SSSR count). The van der Waals surface area contributed by atoms with Crippen molar-refractivity contribution in [3.8, 4) is 21.6 Å². The molecule has 0 saturated carbocycles. The molecule has 1 aliphatic heterocycles. The molecule has 0 atom stereocenters. The van der Waals surface area contributed by atoms with Crippen LogP contribution in [0.25, 0.3) is 32.6 Å². The van der Waals surface area contributed by atoms with Crippen LogP contribution in [0, 0.1) is 12.7 Å². The van der Waals surface area contributed by atoms with Crippen molar-refractivity contribution in [1.29, 1.82) is 0 Å². The summed E-state index contributed by atoms with van der Waals surface area (Å²) in [5.74, 6) is -0.0133. The second kappa shape index (κ2) is 13.0. The fourth-order valence-electron chi connectivity index (χ4n) is 6.41. The molecule has 0 unspecified atom stereocenters. The third kappa shape index (κ3) is 6.48. The van der Waals surface area contributed by atoms with Crippen LogP contribution in [0.4, 0.5) is 21.7 Å². The van der Waals surface area contributed by atoms with Gasteiger partial charge in [-0.2, -0.15) is 4.98 Å². The largest absolute Gasteiger partial charge is 0.367 e. The number of thiophene rings is 1. The van der Waals surface area contributed by atoms with Crippen LogP contribution in [0.1, 0.15) is 36.8 Å². The highest BCUT2D eigenvalue weighted by Gasteiger charge is 2.21. The zero-order valence-corrected chi connectivity index (χ0v) is 28.5. The summed E-state index contributed by atoms with van der Waals surface area (Å²) in [7, 11) is 0. The van der Waals surface area contributed by atoms with Gasteiger partial charge < -0.3 is 15.5 Å². The first-order valence-electron chi connectivity index (χ1n) is 16.3. The summed E-state index contributed by atoms with van der Waals surface area (Å²) in [5, 5.41) is 7.21.